The van der Waals surface area contributed by atoms with E-state index in [2.05, 4.69) is 5.32 Å². The Morgan fingerprint density at radius 2 is 2.05 bits per heavy atom. The second-order valence-corrected chi connectivity index (χ2v) is 5.62. The normalized spacial score (nSPS) is 17.2. The Labute approximate surface area is 123 Å². The van der Waals surface area contributed by atoms with E-state index >= 15 is 0 Å². The first-order valence-electron chi connectivity index (χ1n) is 7.27. The van der Waals surface area contributed by atoms with Gasteiger partial charge in [-0.05, 0) is 37.8 Å². The number of aromatic hydroxyl groups is 1. The SMILES string of the molecule is CC(NC(=O)c1ccc([N+](=O)[O-])c(O)c1)C1CCCCC1. The molecule has 1 atom stereocenters. The molecule has 1 aliphatic carbocycles. The molecule has 1 aliphatic rings. The Balaban J connectivity index is 2.02. The lowest BCUT2D eigenvalue weighted by atomic mass is 9.84. The summed E-state index contributed by atoms with van der Waals surface area (Å²) < 4.78 is 0. The molecular formula is C15H20N2O4. The maximum absolute atomic E-state index is 12.1. The van der Waals surface area contributed by atoms with Crippen LogP contribution in [-0.4, -0.2) is 22.0 Å². The highest BCUT2D eigenvalue weighted by Crippen LogP contribution is 2.28. The summed E-state index contributed by atoms with van der Waals surface area (Å²) in [5.41, 5.74) is -0.160. The van der Waals surface area contributed by atoms with Crippen LogP contribution < -0.4 is 5.32 Å². The standard InChI is InChI=1S/C15H20N2O4/c1-10(11-5-3-2-4-6-11)16-15(19)12-7-8-13(17(20)21)14(18)9-12/h7-11,18H,2-6H2,1H3,(H,16,19). The molecule has 1 aromatic carbocycles. The van der Waals surface area contributed by atoms with Gasteiger partial charge >= 0.3 is 5.69 Å². The van der Waals surface area contributed by atoms with Crippen molar-refractivity contribution in [2.45, 2.75) is 45.1 Å². The number of benzene rings is 1. The van der Waals surface area contributed by atoms with Crippen LogP contribution in [0.1, 0.15) is 49.4 Å². The molecule has 1 aromatic rings. The van der Waals surface area contributed by atoms with Crippen LogP contribution >= 0.6 is 0 Å². The third-order valence-electron chi connectivity index (χ3n) is 4.15. The average Bonchev–Trinajstić information content (AvgIpc) is 2.47. The zero-order chi connectivity index (χ0) is 15.4. The molecule has 0 aliphatic heterocycles. The van der Waals surface area contributed by atoms with Gasteiger partial charge in [0.05, 0.1) is 4.92 Å². The highest BCUT2D eigenvalue weighted by molar-refractivity contribution is 5.95. The van der Waals surface area contributed by atoms with Gasteiger partial charge in [0.15, 0.2) is 5.75 Å². The number of hydrogen-bond donors (Lipinski definition) is 2. The number of phenolic OH excluding ortho intramolecular Hbond substituents is 1. The third kappa shape index (κ3) is 3.71. The van der Waals surface area contributed by atoms with E-state index in [0.29, 0.717) is 5.92 Å². The van der Waals surface area contributed by atoms with E-state index in [1.165, 1.54) is 25.3 Å². The summed E-state index contributed by atoms with van der Waals surface area (Å²) in [6.07, 6.45) is 5.89. The molecule has 114 valence electrons. The van der Waals surface area contributed by atoms with Gasteiger partial charge in [0.25, 0.3) is 5.91 Å². The summed E-state index contributed by atoms with van der Waals surface area (Å²) in [6.45, 7) is 1.99. The summed E-state index contributed by atoms with van der Waals surface area (Å²) in [6, 6.07) is 3.72. The maximum Gasteiger partial charge on any atom is 0.310 e. The van der Waals surface area contributed by atoms with E-state index in [0.717, 1.165) is 25.0 Å². The van der Waals surface area contributed by atoms with E-state index in [1.807, 2.05) is 6.92 Å². The van der Waals surface area contributed by atoms with Gasteiger partial charge in [-0.1, -0.05) is 19.3 Å². The van der Waals surface area contributed by atoms with Crippen molar-refractivity contribution in [3.8, 4) is 5.75 Å². The number of nitro groups is 1. The number of nitro benzene ring substituents is 1. The van der Waals surface area contributed by atoms with E-state index < -0.39 is 16.4 Å². The van der Waals surface area contributed by atoms with Gasteiger partial charge in [0.1, 0.15) is 0 Å². The summed E-state index contributed by atoms with van der Waals surface area (Å²) in [4.78, 5) is 22.1. The van der Waals surface area contributed by atoms with Crippen molar-refractivity contribution in [3.63, 3.8) is 0 Å². The Bertz CT molecular complexity index is 538. The van der Waals surface area contributed by atoms with E-state index in [-0.39, 0.29) is 17.5 Å². The number of rotatable bonds is 4. The maximum atomic E-state index is 12.1. The minimum Gasteiger partial charge on any atom is -0.502 e. The van der Waals surface area contributed by atoms with Crippen LogP contribution in [0, 0.1) is 16.0 Å². The number of nitrogens with one attached hydrogen (secondary N) is 1. The van der Waals surface area contributed by atoms with Crippen LogP contribution in [-0.2, 0) is 0 Å². The third-order valence-corrected chi connectivity index (χ3v) is 4.15. The minimum atomic E-state index is -0.679. The topological polar surface area (TPSA) is 92.5 Å². The second kappa shape index (κ2) is 6.56. The van der Waals surface area contributed by atoms with E-state index in [1.54, 1.807) is 0 Å². The lowest BCUT2D eigenvalue weighted by Crippen LogP contribution is -2.38. The van der Waals surface area contributed by atoms with Gasteiger partial charge in [0, 0.05) is 17.7 Å². The first-order valence-corrected chi connectivity index (χ1v) is 7.27. The summed E-state index contributed by atoms with van der Waals surface area (Å²) in [7, 11) is 0. The van der Waals surface area contributed by atoms with Gasteiger partial charge in [-0.3, -0.25) is 14.9 Å². The highest BCUT2D eigenvalue weighted by Gasteiger charge is 2.23. The zero-order valence-electron chi connectivity index (χ0n) is 12.0. The fourth-order valence-electron chi connectivity index (χ4n) is 2.86. The first kappa shape index (κ1) is 15.3. The second-order valence-electron chi connectivity index (χ2n) is 5.62. The van der Waals surface area contributed by atoms with Crippen molar-refractivity contribution in [3.05, 3.63) is 33.9 Å². The molecule has 0 bridgehead atoms. The molecule has 2 N–H and O–H groups in total. The van der Waals surface area contributed by atoms with Gasteiger partial charge < -0.3 is 10.4 Å². The van der Waals surface area contributed by atoms with Crippen molar-refractivity contribution in [1.29, 1.82) is 0 Å². The number of carbonyl (C=O) groups is 1. The molecule has 2 rings (SSSR count). The van der Waals surface area contributed by atoms with Crippen LogP contribution in [0.25, 0.3) is 0 Å². The Kier molecular flexibility index (Phi) is 4.77. The summed E-state index contributed by atoms with van der Waals surface area (Å²) in [5.74, 6) is -0.314. The molecule has 21 heavy (non-hydrogen) atoms. The van der Waals surface area contributed by atoms with Gasteiger partial charge in [0.2, 0.25) is 0 Å². The fourth-order valence-corrected chi connectivity index (χ4v) is 2.86. The predicted molar refractivity (Wildman–Crippen MR) is 78.3 cm³/mol. The molecule has 0 saturated heterocycles. The monoisotopic (exact) mass is 292 g/mol. The van der Waals surface area contributed by atoms with Crippen molar-refractivity contribution in [2.75, 3.05) is 0 Å². The Morgan fingerprint density at radius 3 is 2.62 bits per heavy atom. The molecule has 0 radical (unpaired) electrons. The van der Waals surface area contributed by atoms with Crippen molar-refractivity contribution >= 4 is 11.6 Å². The minimum absolute atomic E-state index is 0.0649. The predicted octanol–water partition coefficient (Wildman–Crippen LogP) is 3.00. The molecule has 6 nitrogen and oxygen atoms in total. The number of hydrogen-bond acceptors (Lipinski definition) is 4. The molecule has 1 saturated carbocycles. The van der Waals surface area contributed by atoms with E-state index in [9.17, 15) is 20.0 Å². The number of phenols is 1. The number of nitrogens with zero attached hydrogens (tertiary/aromatic N) is 1. The number of amides is 1. The van der Waals surface area contributed by atoms with Crippen molar-refractivity contribution < 1.29 is 14.8 Å². The van der Waals surface area contributed by atoms with Gasteiger partial charge in [-0.15, -0.1) is 0 Å². The fraction of sp³-hybridized carbons (Fsp3) is 0.533. The van der Waals surface area contributed by atoms with E-state index in [4.69, 9.17) is 0 Å². The number of carbonyl (C=O) groups excluding carboxylic acids is 1. The smallest absolute Gasteiger partial charge is 0.310 e. The van der Waals surface area contributed by atoms with Crippen LogP contribution in [0.5, 0.6) is 5.75 Å². The molecule has 6 heteroatoms. The average molecular weight is 292 g/mol. The molecule has 0 spiro atoms. The quantitative estimate of drug-likeness (QED) is 0.659. The molecule has 0 aromatic heterocycles. The lowest BCUT2D eigenvalue weighted by molar-refractivity contribution is -0.385. The summed E-state index contributed by atoms with van der Waals surface area (Å²) in [5, 5.41) is 23.1. The first-order chi connectivity index (χ1) is 9.99. The van der Waals surface area contributed by atoms with Crippen LogP contribution in [0.3, 0.4) is 0 Å². The molecule has 0 heterocycles. The highest BCUT2D eigenvalue weighted by atomic mass is 16.6. The Hall–Kier alpha value is -2.11. The van der Waals surface area contributed by atoms with Crippen LogP contribution in [0.4, 0.5) is 5.69 Å². The van der Waals surface area contributed by atoms with Crippen molar-refractivity contribution in [2.24, 2.45) is 5.92 Å². The molecular weight excluding hydrogens is 272 g/mol. The van der Waals surface area contributed by atoms with Crippen molar-refractivity contribution in [1.82, 2.24) is 5.32 Å². The molecule has 1 unspecified atom stereocenters. The van der Waals surface area contributed by atoms with Crippen LogP contribution in [0.2, 0.25) is 0 Å². The molecule has 1 fully saturated rings. The lowest BCUT2D eigenvalue weighted by Gasteiger charge is -2.28. The zero-order valence-corrected chi connectivity index (χ0v) is 12.0. The Morgan fingerprint density at radius 1 is 1.38 bits per heavy atom. The molecule has 1 amide bonds. The summed E-state index contributed by atoms with van der Waals surface area (Å²) >= 11 is 0. The largest absolute Gasteiger partial charge is 0.502 e. The van der Waals surface area contributed by atoms with Gasteiger partial charge in [-0.25, -0.2) is 0 Å². The van der Waals surface area contributed by atoms with Gasteiger partial charge in [-0.2, -0.15) is 0 Å². The van der Waals surface area contributed by atoms with Crippen LogP contribution in [0.15, 0.2) is 18.2 Å².